The molecule has 1 N–H and O–H groups in total. The Hall–Kier alpha value is -0.123. The maximum Gasteiger partial charge on any atom is 0.192 e. The van der Waals surface area contributed by atoms with Crippen LogP contribution in [0.4, 0.5) is 0 Å². The Morgan fingerprint density at radius 1 is 1.24 bits per heavy atom. The summed E-state index contributed by atoms with van der Waals surface area (Å²) in [6.07, 6.45) is 6.02. The zero-order valence-electron chi connectivity index (χ0n) is 11.7. The molecule has 2 aliphatic rings. The van der Waals surface area contributed by atoms with Crippen LogP contribution in [0.25, 0.3) is 0 Å². The first kappa shape index (κ1) is 13.3. The maximum atomic E-state index is 9.56. The zero-order valence-corrected chi connectivity index (χ0v) is 12.7. The van der Waals surface area contributed by atoms with Crippen LogP contribution in [0.1, 0.15) is 27.2 Å². The molecule has 0 spiro atoms. The number of allylic oxidation sites excluding steroid dienone is 1. The molecular weight excluding hydrogens is 228 g/mol. The second-order valence-corrected chi connectivity index (χ2v) is 11.9. The summed E-state index contributed by atoms with van der Waals surface area (Å²) in [6, 6.07) is 0. The predicted molar refractivity (Wildman–Crippen MR) is 73.4 cm³/mol. The molecule has 0 radical (unpaired) electrons. The van der Waals surface area contributed by atoms with E-state index in [0.717, 1.165) is 0 Å². The van der Waals surface area contributed by atoms with E-state index in [1.165, 1.54) is 6.42 Å². The largest absolute Gasteiger partial charge is 0.413 e. The minimum Gasteiger partial charge on any atom is -0.413 e. The number of hydrogen-bond donors (Lipinski definition) is 1. The van der Waals surface area contributed by atoms with Gasteiger partial charge in [0.25, 0.3) is 0 Å². The van der Waals surface area contributed by atoms with Gasteiger partial charge in [-0.1, -0.05) is 32.9 Å². The van der Waals surface area contributed by atoms with Gasteiger partial charge in [-0.3, -0.25) is 0 Å². The summed E-state index contributed by atoms with van der Waals surface area (Å²) in [6.45, 7) is 11.7. The SMILES string of the molecule is CC(C)(C)[Si](C)(C)O[C@@H]1C2C=CC(C2)C1CO. The topological polar surface area (TPSA) is 29.5 Å². The van der Waals surface area contributed by atoms with E-state index in [1.807, 2.05) is 0 Å². The Labute approximate surface area is 106 Å². The summed E-state index contributed by atoms with van der Waals surface area (Å²) < 4.78 is 6.53. The molecule has 0 aromatic heterocycles. The molecule has 3 heteroatoms. The fourth-order valence-electron chi connectivity index (χ4n) is 2.81. The van der Waals surface area contributed by atoms with Crippen LogP contribution in [-0.4, -0.2) is 26.1 Å². The molecule has 2 bridgehead atoms. The average Bonchev–Trinajstić information content (AvgIpc) is 2.75. The molecule has 98 valence electrons. The van der Waals surface area contributed by atoms with Crippen LogP contribution in [-0.2, 0) is 4.43 Å². The highest BCUT2D eigenvalue weighted by atomic mass is 28.4. The van der Waals surface area contributed by atoms with Gasteiger partial charge in [-0.25, -0.2) is 0 Å². The fourth-order valence-corrected chi connectivity index (χ4v) is 4.19. The molecule has 0 aromatic rings. The van der Waals surface area contributed by atoms with E-state index in [1.54, 1.807) is 0 Å². The van der Waals surface area contributed by atoms with Gasteiger partial charge in [0, 0.05) is 18.4 Å². The molecule has 4 atom stereocenters. The summed E-state index contributed by atoms with van der Waals surface area (Å²) in [5.74, 6) is 1.44. The van der Waals surface area contributed by atoms with Gasteiger partial charge in [-0.15, -0.1) is 0 Å². The molecule has 17 heavy (non-hydrogen) atoms. The summed E-state index contributed by atoms with van der Waals surface area (Å²) in [4.78, 5) is 0. The molecule has 1 fully saturated rings. The number of aliphatic hydroxyl groups excluding tert-OH is 1. The summed E-state index contributed by atoms with van der Waals surface area (Å²) in [7, 11) is -1.71. The van der Waals surface area contributed by atoms with E-state index < -0.39 is 8.32 Å². The predicted octanol–water partition coefficient (Wildman–Crippen LogP) is 3.19. The Kier molecular flexibility index (Phi) is 3.30. The lowest BCUT2D eigenvalue weighted by atomic mass is 9.92. The minimum absolute atomic E-state index is 0.249. The normalized spacial score (nSPS) is 36.8. The monoisotopic (exact) mass is 254 g/mol. The number of fused-ring (bicyclic) bond motifs is 2. The van der Waals surface area contributed by atoms with Crippen LogP contribution in [0, 0.1) is 17.8 Å². The third-order valence-electron chi connectivity index (χ3n) is 4.99. The van der Waals surface area contributed by atoms with Crippen LogP contribution in [0.15, 0.2) is 12.2 Å². The third kappa shape index (κ3) is 2.25. The molecular formula is C14H26O2Si. The lowest BCUT2D eigenvalue weighted by Gasteiger charge is -2.41. The summed E-state index contributed by atoms with van der Waals surface area (Å²) in [5.41, 5.74) is 0. The van der Waals surface area contributed by atoms with Gasteiger partial charge < -0.3 is 9.53 Å². The van der Waals surface area contributed by atoms with Crippen LogP contribution in [0.2, 0.25) is 18.1 Å². The van der Waals surface area contributed by atoms with Crippen LogP contribution in [0.5, 0.6) is 0 Å². The van der Waals surface area contributed by atoms with Gasteiger partial charge in [-0.05, 0) is 30.5 Å². The molecule has 0 aromatic carbocycles. The standard InChI is InChI=1S/C14H26O2Si/c1-14(2,3)17(4,5)16-13-11-7-6-10(8-11)12(13)9-15/h6-7,10-13,15H,8-9H2,1-5H3/t10?,11?,12?,13-/m1/s1. The highest BCUT2D eigenvalue weighted by molar-refractivity contribution is 6.74. The van der Waals surface area contributed by atoms with Crippen LogP contribution >= 0.6 is 0 Å². The van der Waals surface area contributed by atoms with Crippen LogP contribution in [0.3, 0.4) is 0 Å². The van der Waals surface area contributed by atoms with Gasteiger partial charge >= 0.3 is 0 Å². The first-order chi connectivity index (χ1) is 7.76. The van der Waals surface area contributed by atoms with E-state index in [9.17, 15) is 5.11 Å². The van der Waals surface area contributed by atoms with Crippen molar-refractivity contribution in [1.82, 2.24) is 0 Å². The Morgan fingerprint density at radius 2 is 1.82 bits per heavy atom. The van der Waals surface area contributed by atoms with Crippen molar-refractivity contribution in [2.24, 2.45) is 17.8 Å². The van der Waals surface area contributed by atoms with Crippen molar-refractivity contribution in [3.63, 3.8) is 0 Å². The fraction of sp³-hybridized carbons (Fsp3) is 0.857. The minimum atomic E-state index is -1.71. The van der Waals surface area contributed by atoms with E-state index >= 15 is 0 Å². The summed E-state index contributed by atoms with van der Waals surface area (Å²) in [5, 5.41) is 9.81. The number of hydrogen-bond acceptors (Lipinski definition) is 2. The molecule has 2 aliphatic carbocycles. The van der Waals surface area contributed by atoms with Gasteiger partial charge in [0.2, 0.25) is 0 Å². The van der Waals surface area contributed by atoms with Crippen molar-refractivity contribution in [2.75, 3.05) is 6.61 Å². The van der Waals surface area contributed by atoms with E-state index in [0.29, 0.717) is 17.8 Å². The van der Waals surface area contributed by atoms with Crippen LogP contribution < -0.4 is 0 Å². The zero-order chi connectivity index (χ0) is 12.8. The molecule has 0 aliphatic heterocycles. The van der Waals surface area contributed by atoms with Crippen molar-refractivity contribution >= 4 is 8.32 Å². The quantitative estimate of drug-likeness (QED) is 0.619. The van der Waals surface area contributed by atoms with E-state index in [2.05, 4.69) is 46.0 Å². The lowest BCUT2D eigenvalue weighted by Crippen LogP contribution is -2.47. The highest BCUT2D eigenvalue weighted by Gasteiger charge is 2.49. The molecule has 2 rings (SSSR count). The Balaban J connectivity index is 2.11. The molecule has 0 amide bonds. The maximum absolute atomic E-state index is 9.56. The Morgan fingerprint density at radius 3 is 2.35 bits per heavy atom. The van der Waals surface area contributed by atoms with Gasteiger partial charge in [-0.2, -0.15) is 0 Å². The number of aliphatic hydroxyl groups is 1. The Bertz CT molecular complexity index is 317. The number of rotatable bonds is 3. The van der Waals surface area contributed by atoms with Gasteiger partial charge in [0.05, 0.1) is 6.10 Å². The molecule has 0 heterocycles. The van der Waals surface area contributed by atoms with Crippen molar-refractivity contribution in [2.45, 2.75) is 51.4 Å². The smallest absolute Gasteiger partial charge is 0.192 e. The average molecular weight is 254 g/mol. The molecule has 3 unspecified atom stereocenters. The highest BCUT2D eigenvalue weighted by Crippen LogP contribution is 2.48. The van der Waals surface area contributed by atoms with Gasteiger partial charge in [0.1, 0.15) is 0 Å². The molecule has 0 saturated heterocycles. The third-order valence-corrected chi connectivity index (χ3v) is 9.47. The lowest BCUT2D eigenvalue weighted by molar-refractivity contribution is 0.0679. The first-order valence-corrected chi connectivity index (χ1v) is 9.64. The van der Waals surface area contributed by atoms with E-state index in [-0.39, 0.29) is 17.7 Å². The van der Waals surface area contributed by atoms with E-state index in [4.69, 9.17) is 4.43 Å². The summed E-state index contributed by atoms with van der Waals surface area (Å²) >= 11 is 0. The van der Waals surface area contributed by atoms with Crippen molar-refractivity contribution in [1.29, 1.82) is 0 Å². The van der Waals surface area contributed by atoms with Crippen molar-refractivity contribution < 1.29 is 9.53 Å². The van der Waals surface area contributed by atoms with Crippen molar-refractivity contribution in [3.05, 3.63) is 12.2 Å². The molecule has 1 saturated carbocycles. The second kappa shape index (κ2) is 4.21. The van der Waals surface area contributed by atoms with Gasteiger partial charge in [0.15, 0.2) is 8.32 Å². The second-order valence-electron chi connectivity index (χ2n) is 7.14. The first-order valence-electron chi connectivity index (χ1n) is 6.73. The van der Waals surface area contributed by atoms with Crippen molar-refractivity contribution in [3.8, 4) is 0 Å². The molecule has 2 nitrogen and oxygen atoms in total.